The van der Waals surface area contributed by atoms with Crippen LogP contribution in [0, 0.1) is 6.92 Å². The Hall–Kier alpha value is -1.35. The number of hydrogen-bond donors (Lipinski definition) is 1. The second-order valence-electron chi connectivity index (χ2n) is 4.61. The first-order valence-corrected chi connectivity index (χ1v) is 6.18. The largest absolute Gasteiger partial charge is 0.485 e. The molecule has 92 valence electrons. The molecule has 0 saturated heterocycles. The Balaban J connectivity index is 2.07. The van der Waals surface area contributed by atoms with E-state index in [-0.39, 0.29) is 6.10 Å². The van der Waals surface area contributed by atoms with Crippen LogP contribution in [-0.4, -0.2) is 17.1 Å². The average molecular weight is 232 g/mol. The third-order valence-corrected chi connectivity index (χ3v) is 2.85. The molecular formula is C14H20N2O. The molecule has 1 heterocycles. The van der Waals surface area contributed by atoms with Gasteiger partial charge < -0.3 is 10.1 Å². The molecule has 1 aliphatic rings. The number of ether oxygens (including phenoxy) is 1. The van der Waals surface area contributed by atoms with Crippen molar-refractivity contribution in [1.29, 1.82) is 0 Å². The first-order chi connectivity index (χ1) is 8.19. The van der Waals surface area contributed by atoms with Crippen molar-refractivity contribution in [2.45, 2.75) is 45.4 Å². The SMILES string of the molecule is C=CC(C)Oc1ccc(C)nc1CNC1CC1. The molecule has 0 amide bonds. The Morgan fingerprint density at radius 3 is 3.00 bits per heavy atom. The van der Waals surface area contributed by atoms with Crippen LogP contribution < -0.4 is 10.1 Å². The van der Waals surface area contributed by atoms with Gasteiger partial charge in [-0.2, -0.15) is 0 Å². The number of pyridine rings is 1. The minimum absolute atomic E-state index is 0.0131. The second kappa shape index (κ2) is 5.32. The number of rotatable bonds is 6. The molecule has 2 rings (SSSR count). The molecular weight excluding hydrogens is 212 g/mol. The van der Waals surface area contributed by atoms with Gasteiger partial charge in [0.1, 0.15) is 11.9 Å². The third kappa shape index (κ3) is 3.56. The van der Waals surface area contributed by atoms with Gasteiger partial charge in [-0.15, -0.1) is 0 Å². The lowest BCUT2D eigenvalue weighted by atomic mass is 10.2. The minimum Gasteiger partial charge on any atom is -0.485 e. The molecule has 0 radical (unpaired) electrons. The topological polar surface area (TPSA) is 34.1 Å². The van der Waals surface area contributed by atoms with Gasteiger partial charge in [-0.25, -0.2) is 0 Å². The first-order valence-electron chi connectivity index (χ1n) is 6.18. The second-order valence-corrected chi connectivity index (χ2v) is 4.61. The van der Waals surface area contributed by atoms with E-state index in [1.54, 1.807) is 6.08 Å². The lowest BCUT2D eigenvalue weighted by Gasteiger charge is -2.14. The van der Waals surface area contributed by atoms with E-state index in [2.05, 4.69) is 16.9 Å². The highest BCUT2D eigenvalue weighted by molar-refractivity contribution is 5.29. The summed E-state index contributed by atoms with van der Waals surface area (Å²) in [6, 6.07) is 4.65. The van der Waals surface area contributed by atoms with Gasteiger partial charge in [0.25, 0.3) is 0 Å². The molecule has 1 atom stereocenters. The van der Waals surface area contributed by atoms with E-state index >= 15 is 0 Å². The Morgan fingerprint density at radius 1 is 1.59 bits per heavy atom. The summed E-state index contributed by atoms with van der Waals surface area (Å²) in [5, 5.41) is 3.46. The molecule has 1 N–H and O–H groups in total. The maximum Gasteiger partial charge on any atom is 0.143 e. The zero-order chi connectivity index (χ0) is 12.3. The number of aromatic nitrogens is 1. The summed E-state index contributed by atoms with van der Waals surface area (Å²) < 4.78 is 5.78. The molecule has 0 aliphatic heterocycles. The normalized spacial score (nSPS) is 16.6. The zero-order valence-electron chi connectivity index (χ0n) is 10.6. The van der Waals surface area contributed by atoms with Crippen LogP contribution in [0.15, 0.2) is 24.8 Å². The molecule has 1 aromatic heterocycles. The molecule has 1 aliphatic carbocycles. The van der Waals surface area contributed by atoms with E-state index in [4.69, 9.17) is 4.74 Å². The monoisotopic (exact) mass is 232 g/mol. The third-order valence-electron chi connectivity index (χ3n) is 2.85. The Bertz CT molecular complexity index is 399. The van der Waals surface area contributed by atoms with E-state index in [1.165, 1.54) is 12.8 Å². The molecule has 0 bridgehead atoms. The standard InChI is InChI=1S/C14H20N2O/c1-4-11(3)17-14-8-5-10(2)16-13(14)9-15-12-6-7-12/h4-5,8,11-12,15H,1,6-7,9H2,2-3H3. The number of hydrogen-bond acceptors (Lipinski definition) is 3. The van der Waals surface area contributed by atoms with E-state index < -0.39 is 0 Å². The lowest BCUT2D eigenvalue weighted by Crippen LogP contribution is -2.18. The fourth-order valence-corrected chi connectivity index (χ4v) is 1.61. The van der Waals surface area contributed by atoms with Crippen LogP contribution in [0.4, 0.5) is 0 Å². The molecule has 0 spiro atoms. The van der Waals surface area contributed by atoms with E-state index in [9.17, 15) is 0 Å². The van der Waals surface area contributed by atoms with Crippen LogP contribution in [0.25, 0.3) is 0 Å². The van der Waals surface area contributed by atoms with Crippen LogP contribution in [0.2, 0.25) is 0 Å². The highest BCUT2D eigenvalue weighted by Gasteiger charge is 2.21. The fourth-order valence-electron chi connectivity index (χ4n) is 1.61. The summed E-state index contributed by atoms with van der Waals surface area (Å²) in [5.74, 6) is 0.858. The maximum atomic E-state index is 5.78. The molecule has 3 heteroatoms. The summed E-state index contributed by atoms with van der Waals surface area (Å²) in [7, 11) is 0. The summed E-state index contributed by atoms with van der Waals surface area (Å²) in [4.78, 5) is 4.54. The van der Waals surface area contributed by atoms with Gasteiger partial charge in [0.2, 0.25) is 0 Å². The molecule has 3 nitrogen and oxygen atoms in total. The molecule has 1 fully saturated rings. The van der Waals surface area contributed by atoms with Gasteiger partial charge in [-0.3, -0.25) is 4.98 Å². The summed E-state index contributed by atoms with van der Waals surface area (Å²) in [6.07, 6.45) is 4.37. The van der Waals surface area contributed by atoms with Gasteiger partial charge in [0, 0.05) is 18.3 Å². The minimum atomic E-state index is 0.0131. The van der Waals surface area contributed by atoms with Gasteiger partial charge in [-0.1, -0.05) is 12.7 Å². The highest BCUT2D eigenvalue weighted by Crippen LogP contribution is 2.22. The van der Waals surface area contributed by atoms with Crippen LogP contribution in [-0.2, 0) is 6.54 Å². The van der Waals surface area contributed by atoms with Crippen molar-refractivity contribution in [2.24, 2.45) is 0 Å². The molecule has 1 aromatic rings. The van der Waals surface area contributed by atoms with Crippen LogP contribution in [0.3, 0.4) is 0 Å². The Kier molecular flexibility index (Phi) is 3.79. The van der Waals surface area contributed by atoms with Crippen molar-refractivity contribution < 1.29 is 4.74 Å². The van der Waals surface area contributed by atoms with Gasteiger partial charge >= 0.3 is 0 Å². The predicted molar refractivity (Wildman–Crippen MR) is 69.1 cm³/mol. The van der Waals surface area contributed by atoms with Crippen molar-refractivity contribution in [2.75, 3.05) is 0 Å². The highest BCUT2D eigenvalue weighted by atomic mass is 16.5. The van der Waals surface area contributed by atoms with Gasteiger partial charge in [-0.05, 0) is 38.8 Å². The van der Waals surface area contributed by atoms with E-state index in [0.29, 0.717) is 6.04 Å². The van der Waals surface area contributed by atoms with Crippen molar-refractivity contribution in [3.8, 4) is 5.75 Å². The van der Waals surface area contributed by atoms with Crippen LogP contribution in [0.5, 0.6) is 5.75 Å². The van der Waals surface area contributed by atoms with Crippen LogP contribution in [0.1, 0.15) is 31.2 Å². The Morgan fingerprint density at radius 2 is 2.35 bits per heavy atom. The van der Waals surface area contributed by atoms with Crippen molar-refractivity contribution in [1.82, 2.24) is 10.3 Å². The molecule has 0 aromatic carbocycles. The number of nitrogens with zero attached hydrogens (tertiary/aromatic N) is 1. The average Bonchev–Trinajstić information content (AvgIpc) is 3.13. The van der Waals surface area contributed by atoms with Crippen molar-refractivity contribution in [3.63, 3.8) is 0 Å². The summed E-state index contributed by atoms with van der Waals surface area (Å²) in [6.45, 7) is 8.49. The van der Waals surface area contributed by atoms with E-state index in [0.717, 1.165) is 23.7 Å². The van der Waals surface area contributed by atoms with Gasteiger partial charge in [0.15, 0.2) is 0 Å². The number of aryl methyl sites for hydroxylation is 1. The molecule has 1 unspecified atom stereocenters. The van der Waals surface area contributed by atoms with E-state index in [1.807, 2.05) is 26.0 Å². The van der Waals surface area contributed by atoms with Gasteiger partial charge in [0.05, 0.1) is 5.69 Å². The molecule has 1 saturated carbocycles. The fraction of sp³-hybridized carbons (Fsp3) is 0.500. The van der Waals surface area contributed by atoms with Crippen LogP contribution >= 0.6 is 0 Å². The summed E-state index contributed by atoms with van der Waals surface area (Å²) in [5.41, 5.74) is 2.02. The maximum absolute atomic E-state index is 5.78. The van der Waals surface area contributed by atoms with Crippen molar-refractivity contribution in [3.05, 3.63) is 36.2 Å². The smallest absolute Gasteiger partial charge is 0.143 e. The zero-order valence-corrected chi connectivity index (χ0v) is 10.6. The predicted octanol–water partition coefficient (Wildman–Crippen LogP) is 2.60. The quantitative estimate of drug-likeness (QED) is 0.765. The van der Waals surface area contributed by atoms with Crippen molar-refractivity contribution >= 4 is 0 Å². The number of nitrogens with one attached hydrogen (secondary N) is 1. The molecule has 17 heavy (non-hydrogen) atoms. The first kappa shape index (κ1) is 12.1. The Labute approximate surface area is 103 Å². The lowest BCUT2D eigenvalue weighted by molar-refractivity contribution is 0.265. The summed E-state index contributed by atoms with van der Waals surface area (Å²) >= 11 is 0.